The fourth-order valence-electron chi connectivity index (χ4n) is 2.62. The van der Waals surface area contributed by atoms with Crippen LogP contribution in [0.4, 0.5) is 11.6 Å². The van der Waals surface area contributed by atoms with Crippen LogP contribution < -0.4 is 10.6 Å². The number of rotatable bonds is 5. The molecule has 1 aromatic heterocycles. The second-order valence-electron chi connectivity index (χ2n) is 5.43. The largest absolute Gasteiger partial charge is 0.370 e. The van der Waals surface area contributed by atoms with E-state index in [1.165, 1.54) is 0 Å². The van der Waals surface area contributed by atoms with Crippen LogP contribution in [0.1, 0.15) is 20.3 Å². The summed E-state index contributed by atoms with van der Waals surface area (Å²) in [5.74, 6) is 2.46. The minimum absolute atomic E-state index is 0.491. The number of nitrogens with one attached hydrogen (secondary N) is 2. The second kappa shape index (κ2) is 7.13. The second-order valence-corrected chi connectivity index (χ2v) is 6.21. The molecule has 0 bridgehead atoms. The molecule has 0 amide bonds. The molecular weight excluding hydrogens is 270 g/mol. The van der Waals surface area contributed by atoms with Crippen molar-refractivity contribution in [1.82, 2.24) is 14.9 Å². The molecular formula is C14H25N5S. The molecule has 6 heteroatoms. The highest BCUT2D eigenvalue weighted by Crippen LogP contribution is 2.22. The van der Waals surface area contributed by atoms with Crippen molar-refractivity contribution in [2.24, 2.45) is 5.92 Å². The maximum Gasteiger partial charge on any atom is 0.191 e. The van der Waals surface area contributed by atoms with E-state index in [0.29, 0.717) is 12.0 Å². The van der Waals surface area contributed by atoms with Crippen LogP contribution in [0.25, 0.3) is 0 Å². The van der Waals surface area contributed by atoms with Crippen molar-refractivity contribution in [3.8, 4) is 0 Å². The van der Waals surface area contributed by atoms with Gasteiger partial charge in [-0.25, -0.2) is 9.97 Å². The summed E-state index contributed by atoms with van der Waals surface area (Å²) in [6.07, 6.45) is 3.17. The molecule has 2 N–H and O–H groups in total. The zero-order chi connectivity index (χ0) is 14.5. The topological polar surface area (TPSA) is 53.1 Å². The fraction of sp³-hybridized carbons (Fsp3) is 0.714. The molecule has 1 aromatic rings. The van der Waals surface area contributed by atoms with Crippen molar-refractivity contribution in [3.05, 3.63) is 6.07 Å². The predicted molar refractivity (Wildman–Crippen MR) is 86.7 cm³/mol. The van der Waals surface area contributed by atoms with Gasteiger partial charge in [-0.3, -0.25) is 0 Å². The summed E-state index contributed by atoms with van der Waals surface area (Å²) in [6.45, 7) is 7.53. The smallest absolute Gasteiger partial charge is 0.191 e. The van der Waals surface area contributed by atoms with Gasteiger partial charge in [0.15, 0.2) is 5.16 Å². The van der Waals surface area contributed by atoms with Gasteiger partial charge in [-0.05, 0) is 39.1 Å². The summed E-state index contributed by atoms with van der Waals surface area (Å²) >= 11 is 1.58. The molecule has 2 rings (SSSR count). The van der Waals surface area contributed by atoms with Crippen LogP contribution in [0, 0.1) is 5.92 Å². The summed E-state index contributed by atoms with van der Waals surface area (Å²) < 4.78 is 0. The SMILES string of the molecule is CCNc1cc(NC2CCN(C)CC2C)nc(SC)n1. The van der Waals surface area contributed by atoms with E-state index in [1.54, 1.807) is 11.8 Å². The van der Waals surface area contributed by atoms with E-state index < -0.39 is 0 Å². The average molecular weight is 295 g/mol. The Balaban J connectivity index is 2.09. The van der Waals surface area contributed by atoms with Gasteiger partial charge >= 0.3 is 0 Å². The highest BCUT2D eigenvalue weighted by atomic mass is 32.2. The molecule has 20 heavy (non-hydrogen) atoms. The molecule has 1 aliphatic heterocycles. The number of aromatic nitrogens is 2. The lowest BCUT2D eigenvalue weighted by molar-refractivity contribution is 0.206. The number of hydrogen-bond acceptors (Lipinski definition) is 6. The lowest BCUT2D eigenvalue weighted by Crippen LogP contribution is -2.43. The molecule has 1 fully saturated rings. The van der Waals surface area contributed by atoms with Gasteiger partial charge in [-0.2, -0.15) is 0 Å². The summed E-state index contributed by atoms with van der Waals surface area (Å²) in [5, 5.41) is 7.67. The summed E-state index contributed by atoms with van der Waals surface area (Å²) in [7, 11) is 2.19. The maximum atomic E-state index is 4.57. The molecule has 2 unspecified atom stereocenters. The third kappa shape index (κ3) is 3.99. The van der Waals surface area contributed by atoms with Gasteiger partial charge in [-0.1, -0.05) is 18.7 Å². The first-order valence-corrected chi connectivity index (χ1v) is 8.47. The Hall–Kier alpha value is -1.01. The van der Waals surface area contributed by atoms with Crippen molar-refractivity contribution >= 4 is 23.4 Å². The zero-order valence-electron chi connectivity index (χ0n) is 12.8. The van der Waals surface area contributed by atoms with E-state index in [0.717, 1.165) is 42.8 Å². The van der Waals surface area contributed by atoms with Crippen LogP contribution in [0.3, 0.4) is 0 Å². The van der Waals surface area contributed by atoms with E-state index in [9.17, 15) is 0 Å². The van der Waals surface area contributed by atoms with Gasteiger partial charge in [0.2, 0.25) is 0 Å². The van der Waals surface area contributed by atoms with Gasteiger partial charge in [0.1, 0.15) is 11.6 Å². The first kappa shape index (κ1) is 15.4. The molecule has 0 saturated carbocycles. The number of nitrogens with zero attached hydrogens (tertiary/aromatic N) is 3. The van der Waals surface area contributed by atoms with Crippen LogP contribution in [0.15, 0.2) is 11.2 Å². The minimum Gasteiger partial charge on any atom is -0.370 e. The van der Waals surface area contributed by atoms with Gasteiger partial charge in [0.25, 0.3) is 0 Å². The van der Waals surface area contributed by atoms with Crippen LogP contribution in [-0.4, -0.2) is 53.8 Å². The van der Waals surface area contributed by atoms with Crippen molar-refractivity contribution in [3.63, 3.8) is 0 Å². The Labute approximate surface area is 125 Å². The quantitative estimate of drug-likeness (QED) is 0.642. The highest BCUT2D eigenvalue weighted by molar-refractivity contribution is 7.98. The van der Waals surface area contributed by atoms with Crippen LogP contribution in [0.2, 0.25) is 0 Å². The normalized spacial score (nSPS) is 23.6. The van der Waals surface area contributed by atoms with Crippen molar-refractivity contribution in [2.45, 2.75) is 31.5 Å². The Morgan fingerprint density at radius 2 is 2.15 bits per heavy atom. The molecule has 112 valence electrons. The first-order valence-electron chi connectivity index (χ1n) is 7.24. The standard InChI is InChI=1S/C14H25N5S/c1-5-15-12-8-13(18-14(17-12)20-4)16-11-6-7-19(3)9-10(11)2/h8,10-11H,5-7,9H2,1-4H3,(H2,15,16,17,18). The van der Waals surface area contributed by atoms with E-state index in [-0.39, 0.29) is 0 Å². The van der Waals surface area contributed by atoms with E-state index in [4.69, 9.17) is 0 Å². The Kier molecular flexibility index (Phi) is 5.48. The van der Waals surface area contributed by atoms with Gasteiger partial charge in [0.05, 0.1) is 0 Å². The molecule has 5 nitrogen and oxygen atoms in total. The monoisotopic (exact) mass is 295 g/mol. The lowest BCUT2D eigenvalue weighted by Gasteiger charge is -2.35. The van der Waals surface area contributed by atoms with Crippen LogP contribution >= 0.6 is 11.8 Å². The molecule has 0 spiro atoms. The van der Waals surface area contributed by atoms with Crippen LogP contribution in [-0.2, 0) is 0 Å². The molecule has 2 heterocycles. The number of thioether (sulfide) groups is 1. The molecule has 0 aliphatic carbocycles. The maximum absolute atomic E-state index is 4.57. The van der Waals surface area contributed by atoms with Gasteiger partial charge in [0, 0.05) is 25.2 Å². The van der Waals surface area contributed by atoms with Gasteiger partial charge < -0.3 is 15.5 Å². The zero-order valence-corrected chi connectivity index (χ0v) is 13.6. The summed E-state index contributed by atoms with van der Waals surface area (Å²) in [6, 6.07) is 2.50. The molecule has 1 aliphatic rings. The van der Waals surface area contributed by atoms with Crippen molar-refractivity contribution < 1.29 is 0 Å². The Bertz CT molecular complexity index is 440. The van der Waals surface area contributed by atoms with Crippen molar-refractivity contribution in [1.29, 1.82) is 0 Å². The molecule has 0 radical (unpaired) electrons. The lowest BCUT2D eigenvalue weighted by atomic mass is 9.94. The van der Waals surface area contributed by atoms with E-state index >= 15 is 0 Å². The first-order chi connectivity index (χ1) is 9.62. The van der Waals surface area contributed by atoms with Gasteiger partial charge in [-0.15, -0.1) is 0 Å². The fourth-order valence-corrected chi connectivity index (χ4v) is 3.00. The predicted octanol–water partition coefficient (Wildman–Crippen LogP) is 2.38. The average Bonchev–Trinajstić information content (AvgIpc) is 2.42. The number of hydrogen-bond donors (Lipinski definition) is 2. The van der Waals surface area contributed by atoms with Crippen LogP contribution in [0.5, 0.6) is 0 Å². The third-order valence-corrected chi connectivity index (χ3v) is 4.24. The van der Waals surface area contributed by atoms with E-state index in [2.05, 4.69) is 46.4 Å². The minimum atomic E-state index is 0.491. The number of piperidine rings is 1. The molecule has 0 aromatic carbocycles. The summed E-state index contributed by atoms with van der Waals surface area (Å²) in [4.78, 5) is 11.4. The third-order valence-electron chi connectivity index (χ3n) is 3.69. The Morgan fingerprint density at radius 3 is 2.80 bits per heavy atom. The molecule has 1 saturated heterocycles. The van der Waals surface area contributed by atoms with E-state index in [1.807, 2.05) is 12.3 Å². The number of anilines is 2. The molecule has 2 atom stereocenters. The highest BCUT2D eigenvalue weighted by Gasteiger charge is 2.24. The Morgan fingerprint density at radius 1 is 1.40 bits per heavy atom. The number of likely N-dealkylation sites (tertiary alicyclic amines) is 1. The van der Waals surface area contributed by atoms with Crippen molar-refractivity contribution in [2.75, 3.05) is 43.6 Å². The summed E-state index contributed by atoms with van der Waals surface area (Å²) in [5.41, 5.74) is 0.